The maximum atomic E-state index is 8.70. The lowest BCUT2D eigenvalue weighted by molar-refractivity contribution is -0.661. The highest BCUT2D eigenvalue weighted by Crippen LogP contribution is 2.38. The van der Waals surface area contributed by atoms with Crippen LogP contribution < -0.4 is 18.3 Å². The molecule has 102 heavy (non-hydrogen) atoms. The van der Waals surface area contributed by atoms with Gasteiger partial charge in [0, 0.05) is 100 Å². The molecule has 0 aliphatic heterocycles. The van der Waals surface area contributed by atoms with Crippen LogP contribution >= 0.6 is 0 Å². The highest BCUT2D eigenvalue weighted by molar-refractivity contribution is 5.80. The second-order valence-corrected chi connectivity index (χ2v) is 27.5. The van der Waals surface area contributed by atoms with Gasteiger partial charge in [-0.15, -0.1) is 0 Å². The molecule has 4 nitrogen and oxygen atoms in total. The van der Waals surface area contributed by atoms with Gasteiger partial charge in [0.1, 0.15) is 28.2 Å². The average molecular weight is 1370 g/mol. The summed E-state index contributed by atoms with van der Waals surface area (Å²) in [6, 6.07) is 60.0. The number of pyridine rings is 4. The standard InChI is InChI=1S/C26H32N.3C24H28N/c1-17(2)22-15-26(27(7)16-25(22)18(3)4)24-14-23(19(5)13-20(24)6)21-11-9-8-10-12-21;1-16(2)21-14-24(25(6)15-19(21)5)23-13-22(17(3)12-18(23)4)20-10-8-7-9-11-20;1-16(2)23-15-25(6)24(13-19(23)5)22-14-21(17(3)12-18(22)4)20-10-8-7-9-11-20;1-6-19-14-24(25(5)16-20(19)7-2)23-15-22(17(3)13-18(23)4)21-11-9-8-10-12-21/h8-18H,1-7H3;2*7-16H,1-6H3;8-16H,6-7H2,1-5H3/q4*+1/i5D3,17D,18D;3D3,5D3,16D;3D3,16D;3D3,6D2,7D2. The van der Waals surface area contributed by atoms with Crippen molar-refractivity contribution in [2.24, 2.45) is 28.2 Å². The summed E-state index contributed by atoms with van der Waals surface area (Å²) in [5.41, 5.74) is 22.0. The van der Waals surface area contributed by atoms with Gasteiger partial charge in [-0.3, -0.25) is 0 Å². The fraction of sp³-hybridized carbons (Fsp3) is 0.306. The van der Waals surface area contributed by atoms with Crippen molar-refractivity contribution in [1.82, 2.24) is 0 Å². The average Bonchev–Trinajstić information content (AvgIpc) is 0.841. The maximum absolute atomic E-state index is 8.70. The minimum atomic E-state index is -2.35. The Bertz CT molecular complexity index is 5470. The number of hydrogen-bond donors (Lipinski definition) is 0. The highest BCUT2D eigenvalue weighted by atomic mass is 14.9. The molecule has 12 rings (SSSR count). The number of nitrogens with zero attached hydrogens (tertiary/aromatic N) is 4. The van der Waals surface area contributed by atoms with Gasteiger partial charge in [0.25, 0.3) is 0 Å². The molecule has 0 saturated heterocycles. The van der Waals surface area contributed by atoms with E-state index in [0.29, 0.717) is 39.1 Å². The summed E-state index contributed by atoms with van der Waals surface area (Å²) in [4.78, 5) is 0. The van der Waals surface area contributed by atoms with Gasteiger partial charge in [-0.25, -0.2) is 18.3 Å². The first kappa shape index (κ1) is 50.7. The second kappa shape index (κ2) is 33.9. The van der Waals surface area contributed by atoms with Crippen LogP contribution in [0.2, 0.25) is 0 Å². The van der Waals surface area contributed by atoms with Crippen LogP contribution in [0.5, 0.6) is 0 Å². The maximum Gasteiger partial charge on any atom is 0.212 e. The Balaban J connectivity index is 0.000000189. The van der Waals surface area contributed by atoms with Crippen molar-refractivity contribution in [3.05, 3.63) is 308 Å². The molecule has 0 aliphatic carbocycles. The normalized spacial score (nSPS) is 15.8. The SMILES string of the molecule is [2H]C([2H])([2H])c1cc(C)c(-c2cc(C([2H])(C)C)c(C([2H])(C)C)c[n+]2C)cc1-c1ccccc1.[2H]C([2H])([2H])c1cc(C)c(-c2cc(C([2H])(C)C)c(C([2H])([2H])[2H])c[n+]2C)cc1-c1ccccc1.[2H]C([2H])([2H])c1cc(C)c(-c2cc(C([2H])([2H])C)c(C([2H])([2H])C)c[n+]2C)cc1-c1ccccc1.[2H]C([2H])([2H])c1cc(C)c(-c2cc(C)c(C([2H])(C)C)c[n+]2C)cc1-c1ccccc1. The molecule has 4 aromatic heterocycles. The molecule has 0 spiro atoms. The minimum Gasteiger partial charge on any atom is -0.201 e. The van der Waals surface area contributed by atoms with Crippen LogP contribution in [-0.4, -0.2) is 0 Å². The van der Waals surface area contributed by atoms with E-state index in [2.05, 4.69) is 6.07 Å². The molecule has 0 saturated carbocycles. The molecule has 12 aromatic rings. The summed E-state index contributed by atoms with van der Waals surface area (Å²) in [5, 5.41) is 0. The quantitative estimate of drug-likeness (QED) is 0.0965. The van der Waals surface area contributed by atoms with Crippen molar-refractivity contribution in [3.8, 4) is 89.5 Å². The Labute approximate surface area is 647 Å². The summed E-state index contributed by atoms with van der Waals surface area (Å²) in [6.45, 7) is 15.5. The van der Waals surface area contributed by atoms with E-state index in [1.54, 1.807) is 85.9 Å². The van der Waals surface area contributed by atoms with Crippen molar-refractivity contribution >= 4 is 0 Å². The van der Waals surface area contributed by atoms with E-state index in [9.17, 15) is 0 Å². The summed E-state index contributed by atoms with van der Waals surface area (Å²) in [6.07, 6.45) is 3.67. The number of benzene rings is 8. The number of hydrogen-bond acceptors (Lipinski definition) is 0. The van der Waals surface area contributed by atoms with E-state index >= 15 is 0 Å². The Hall–Kier alpha value is -9.64. The van der Waals surface area contributed by atoms with Crippen molar-refractivity contribution in [2.75, 3.05) is 0 Å². The van der Waals surface area contributed by atoms with Gasteiger partial charge in [0.2, 0.25) is 22.8 Å². The summed E-state index contributed by atoms with van der Waals surface area (Å²) < 4.78 is 195. The van der Waals surface area contributed by atoms with Gasteiger partial charge in [-0.1, -0.05) is 215 Å². The number of aromatic nitrogens is 4. The third-order valence-corrected chi connectivity index (χ3v) is 18.9. The molecule has 524 valence electrons. The second-order valence-electron chi connectivity index (χ2n) is 27.5. The molecule has 0 bridgehead atoms. The monoisotopic (exact) mass is 1370 g/mol. The molecule has 0 fully saturated rings. The first-order valence-electron chi connectivity index (χ1n) is 46.2. The van der Waals surface area contributed by atoms with Crippen molar-refractivity contribution < 1.29 is 49.8 Å². The molecule has 0 amide bonds. The lowest BCUT2D eigenvalue weighted by Gasteiger charge is -2.17. The fourth-order valence-corrected chi connectivity index (χ4v) is 13.3. The molecule has 4 heterocycles. The lowest BCUT2D eigenvalue weighted by Crippen LogP contribution is -2.32. The van der Waals surface area contributed by atoms with E-state index in [1.165, 1.54) is 13.8 Å². The zero-order chi connectivity index (χ0) is 93.7. The van der Waals surface area contributed by atoms with Crippen molar-refractivity contribution in [1.29, 1.82) is 0 Å². The van der Waals surface area contributed by atoms with Gasteiger partial charge >= 0.3 is 0 Å². The Kier molecular flexibility index (Phi) is 16.8. The molecule has 0 radical (unpaired) electrons. The third-order valence-electron chi connectivity index (χ3n) is 18.9. The fourth-order valence-electron chi connectivity index (χ4n) is 13.3. The van der Waals surface area contributed by atoms with E-state index in [1.807, 2.05) is 263 Å². The zero-order valence-corrected chi connectivity index (χ0v) is 63.1. The molecule has 8 aromatic carbocycles. The largest absolute Gasteiger partial charge is 0.212 e. The predicted molar refractivity (Wildman–Crippen MR) is 436 cm³/mol. The first-order valence-corrected chi connectivity index (χ1v) is 34.7. The van der Waals surface area contributed by atoms with Crippen LogP contribution in [0, 0.1) is 68.9 Å². The number of rotatable bonds is 14. The molecular formula is C98H116N4+4. The Morgan fingerprint density at radius 2 is 0.559 bits per heavy atom. The van der Waals surface area contributed by atoms with Crippen molar-refractivity contribution in [3.63, 3.8) is 0 Å². The van der Waals surface area contributed by atoms with Gasteiger partial charge in [-0.2, -0.15) is 0 Å². The molecule has 0 atom stereocenters. The first-order chi connectivity index (χ1) is 57.2. The summed E-state index contributed by atoms with van der Waals surface area (Å²) in [7, 11) is 7.47. The molecule has 4 heteroatoms. The van der Waals surface area contributed by atoms with Gasteiger partial charge in [0.05, 0.1) is 0 Å². The van der Waals surface area contributed by atoms with Crippen molar-refractivity contribution in [2.45, 2.75) is 174 Å². The number of aryl methyl sites for hydroxylation is 16. The molecular weight excluding hydrogens is 1230 g/mol. The summed E-state index contributed by atoms with van der Waals surface area (Å²) in [5.74, 6) is -3.54. The van der Waals surface area contributed by atoms with Crippen LogP contribution in [0.4, 0.5) is 0 Å². The Morgan fingerprint density at radius 1 is 0.275 bits per heavy atom. The third kappa shape index (κ3) is 17.6. The van der Waals surface area contributed by atoms with Gasteiger partial charge < -0.3 is 0 Å². The van der Waals surface area contributed by atoms with E-state index in [0.717, 1.165) is 112 Å². The molecule has 0 aliphatic rings. The van der Waals surface area contributed by atoms with E-state index < -0.39 is 70.6 Å². The van der Waals surface area contributed by atoms with Crippen LogP contribution in [-0.2, 0) is 40.9 Å². The van der Waals surface area contributed by atoms with Gasteiger partial charge in [-0.05, 0) is 241 Å². The highest BCUT2D eigenvalue weighted by Gasteiger charge is 2.25. The lowest BCUT2D eigenvalue weighted by atomic mass is 9.88. The minimum absolute atomic E-state index is 0.142. The van der Waals surface area contributed by atoms with E-state index in [-0.39, 0.29) is 27.8 Å². The van der Waals surface area contributed by atoms with E-state index in [4.69, 9.17) is 31.5 Å². The zero-order valence-electron chi connectivity index (χ0n) is 86.1. The summed E-state index contributed by atoms with van der Waals surface area (Å²) >= 11 is 0. The smallest absolute Gasteiger partial charge is 0.201 e. The van der Waals surface area contributed by atoms with Crippen LogP contribution in [0.3, 0.4) is 0 Å². The topological polar surface area (TPSA) is 15.5 Å². The van der Waals surface area contributed by atoms with Gasteiger partial charge in [0.15, 0.2) is 24.8 Å². The molecule has 0 unspecified atom stereocenters. The predicted octanol–water partition coefficient (Wildman–Crippen LogP) is 24.1. The van der Waals surface area contributed by atoms with Crippen LogP contribution in [0.25, 0.3) is 89.5 Å². The van der Waals surface area contributed by atoms with Crippen LogP contribution in [0.1, 0.15) is 213 Å². The van der Waals surface area contributed by atoms with Crippen LogP contribution in [0.15, 0.2) is 219 Å². The Morgan fingerprint density at radius 3 is 0.873 bits per heavy atom. The molecule has 0 N–H and O–H groups in total.